The van der Waals surface area contributed by atoms with Crippen LogP contribution in [0.4, 0.5) is 0 Å². The standard InChI is InChI=1S/C10H16N2O2/c1-3-5-12-6-4-11-10(12)7-9(13)8-14-2/h4,6H,3,5,7-8H2,1-2H3. The molecule has 0 saturated carbocycles. The number of aryl methyl sites for hydroxylation is 1. The van der Waals surface area contributed by atoms with Crippen molar-refractivity contribution >= 4 is 5.78 Å². The van der Waals surface area contributed by atoms with Gasteiger partial charge in [-0.15, -0.1) is 0 Å². The third-order valence-corrected chi connectivity index (χ3v) is 1.93. The Hall–Kier alpha value is -1.16. The highest BCUT2D eigenvalue weighted by molar-refractivity contribution is 5.81. The molecule has 0 radical (unpaired) electrons. The lowest BCUT2D eigenvalue weighted by Gasteiger charge is -2.04. The van der Waals surface area contributed by atoms with Crippen LogP contribution >= 0.6 is 0 Å². The van der Waals surface area contributed by atoms with Gasteiger partial charge in [0.2, 0.25) is 0 Å². The van der Waals surface area contributed by atoms with E-state index in [4.69, 9.17) is 4.74 Å². The van der Waals surface area contributed by atoms with Crippen molar-refractivity contribution < 1.29 is 9.53 Å². The number of aromatic nitrogens is 2. The number of hydrogen-bond donors (Lipinski definition) is 0. The molecule has 14 heavy (non-hydrogen) atoms. The van der Waals surface area contributed by atoms with Crippen LogP contribution in [0.5, 0.6) is 0 Å². The van der Waals surface area contributed by atoms with Crippen molar-refractivity contribution in [2.75, 3.05) is 13.7 Å². The fourth-order valence-electron chi connectivity index (χ4n) is 1.34. The quantitative estimate of drug-likeness (QED) is 0.683. The molecule has 0 fully saturated rings. The third kappa shape index (κ3) is 2.96. The van der Waals surface area contributed by atoms with E-state index < -0.39 is 0 Å². The number of rotatable bonds is 6. The molecule has 4 nitrogen and oxygen atoms in total. The largest absolute Gasteiger partial charge is 0.377 e. The number of Topliss-reactive ketones (excluding diaryl/α,β-unsaturated/α-hetero) is 1. The summed E-state index contributed by atoms with van der Waals surface area (Å²) >= 11 is 0. The van der Waals surface area contributed by atoms with Crippen molar-refractivity contribution in [2.45, 2.75) is 26.3 Å². The molecule has 4 heteroatoms. The van der Waals surface area contributed by atoms with Crippen molar-refractivity contribution in [3.63, 3.8) is 0 Å². The number of carbonyl (C=O) groups is 1. The van der Waals surface area contributed by atoms with Crippen LogP contribution < -0.4 is 0 Å². The number of hydrogen-bond acceptors (Lipinski definition) is 3. The summed E-state index contributed by atoms with van der Waals surface area (Å²) in [6.07, 6.45) is 5.03. The Morgan fingerprint density at radius 2 is 2.43 bits per heavy atom. The van der Waals surface area contributed by atoms with Crippen molar-refractivity contribution in [3.8, 4) is 0 Å². The third-order valence-electron chi connectivity index (χ3n) is 1.93. The van der Waals surface area contributed by atoms with E-state index in [9.17, 15) is 4.79 Å². The maximum Gasteiger partial charge on any atom is 0.165 e. The first-order valence-electron chi connectivity index (χ1n) is 4.78. The summed E-state index contributed by atoms with van der Waals surface area (Å²) in [6, 6.07) is 0. The summed E-state index contributed by atoms with van der Waals surface area (Å²) in [6.45, 7) is 3.18. The monoisotopic (exact) mass is 196 g/mol. The van der Waals surface area contributed by atoms with E-state index in [0.717, 1.165) is 18.8 Å². The minimum atomic E-state index is 0.0658. The van der Waals surface area contributed by atoms with Crippen LogP contribution in [0.15, 0.2) is 12.4 Å². The van der Waals surface area contributed by atoms with Crippen LogP contribution in [0.2, 0.25) is 0 Å². The second-order valence-corrected chi connectivity index (χ2v) is 3.19. The van der Waals surface area contributed by atoms with Crippen molar-refractivity contribution in [3.05, 3.63) is 18.2 Å². The summed E-state index contributed by atoms with van der Waals surface area (Å²) in [4.78, 5) is 15.4. The Morgan fingerprint density at radius 3 is 3.07 bits per heavy atom. The lowest BCUT2D eigenvalue weighted by Crippen LogP contribution is -2.14. The molecule has 0 saturated heterocycles. The van der Waals surface area contributed by atoms with Gasteiger partial charge in [0.25, 0.3) is 0 Å². The zero-order valence-corrected chi connectivity index (χ0v) is 8.69. The second kappa shape index (κ2) is 5.54. The molecule has 1 aromatic rings. The Bertz CT molecular complexity index is 294. The predicted molar refractivity (Wildman–Crippen MR) is 53.1 cm³/mol. The number of imidazole rings is 1. The van der Waals surface area contributed by atoms with Gasteiger partial charge in [-0.25, -0.2) is 4.98 Å². The molecule has 78 valence electrons. The number of carbonyl (C=O) groups excluding carboxylic acids is 1. The number of methoxy groups -OCH3 is 1. The van der Waals surface area contributed by atoms with Gasteiger partial charge in [0.15, 0.2) is 5.78 Å². The second-order valence-electron chi connectivity index (χ2n) is 3.19. The summed E-state index contributed by atoms with van der Waals surface area (Å²) in [7, 11) is 1.52. The van der Waals surface area contributed by atoms with Crippen LogP contribution in [0, 0.1) is 0 Å². The fourth-order valence-corrected chi connectivity index (χ4v) is 1.34. The van der Waals surface area contributed by atoms with E-state index in [-0.39, 0.29) is 12.4 Å². The van der Waals surface area contributed by atoms with Gasteiger partial charge in [-0.2, -0.15) is 0 Å². The molecule has 0 atom stereocenters. The molecule has 0 aliphatic carbocycles. The van der Waals surface area contributed by atoms with Crippen LogP contribution in [-0.4, -0.2) is 29.1 Å². The van der Waals surface area contributed by atoms with Crippen LogP contribution in [0.1, 0.15) is 19.2 Å². The summed E-state index contributed by atoms with van der Waals surface area (Å²) in [5, 5.41) is 0. The molecule has 0 bridgehead atoms. The minimum Gasteiger partial charge on any atom is -0.377 e. The number of ether oxygens (including phenoxy) is 1. The van der Waals surface area contributed by atoms with Gasteiger partial charge in [0.05, 0.1) is 6.42 Å². The highest BCUT2D eigenvalue weighted by atomic mass is 16.5. The van der Waals surface area contributed by atoms with E-state index in [1.54, 1.807) is 6.20 Å². The predicted octanol–water partition coefficient (Wildman–Crippen LogP) is 1.05. The van der Waals surface area contributed by atoms with Gasteiger partial charge in [-0.1, -0.05) is 6.92 Å². The van der Waals surface area contributed by atoms with Gasteiger partial charge < -0.3 is 9.30 Å². The molecular formula is C10H16N2O2. The molecule has 1 heterocycles. The van der Waals surface area contributed by atoms with E-state index in [1.807, 2.05) is 10.8 Å². The molecule has 0 aliphatic heterocycles. The first kappa shape index (κ1) is 10.9. The molecular weight excluding hydrogens is 180 g/mol. The van der Waals surface area contributed by atoms with Crippen LogP contribution in [-0.2, 0) is 22.5 Å². The van der Waals surface area contributed by atoms with Gasteiger partial charge >= 0.3 is 0 Å². The lowest BCUT2D eigenvalue weighted by atomic mass is 10.3. The van der Waals surface area contributed by atoms with Gasteiger partial charge in [0.1, 0.15) is 12.4 Å². The molecule has 1 rings (SSSR count). The first-order chi connectivity index (χ1) is 6.77. The Morgan fingerprint density at radius 1 is 1.64 bits per heavy atom. The van der Waals surface area contributed by atoms with Gasteiger partial charge in [0, 0.05) is 26.0 Å². The van der Waals surface area contributed by atoms with E-state index in [1.165, 1.54) is 7.11 Å². The molecule has 0 N–H and O–H groups in total. The molecule has 1 aromatic heterocycles. The number of nitrogens with zero attached hydrogens (tertiary/aromatic N) is 2. The zero-order chi connectivity index (χ0) is 10.4. The minimum absolute atomic E-state index is 0.0658. The summed E-state index contributed by atoms with van der Waals surface area (Å²) in [5.74, 6) is 0.893. The Labute approximate surface area is 83.9 Å². The van der Waals surface area contributed by atoms with Crippen LogP contribution in [0.3, 0.4) is 0 Å². The summed E-state index contributed by atoms with van der Waals surface area (Å²) in [5.41, 5.74) is 0. The molecule has 0 amide bonds. The lowest BCUT2D eigenvalue weighted by molar-refractivity contribution is -0.122. The van der Waals surface area contributed by atoms with Gasteiger partial charge in [-0.05, 0) is 6.42 Å². The zero-order valence-electron chi connectivity index (χ0n) is 8.69. The fraction of sp³-hybridized carbons (Fsp3) is 0.600. The van der Waals surface area contributed by atoms with Crippen LogP contribution in [0.25, 0.3) is 0 Å². The summed E-state index contributed by atoms with van der Waals surface area (Å²) < 4.78 is 6.77. The Balaban J connectivity index is 2.56. The Kier molecular flexibility index (Phi) is 4.32. The smallest absolute Gasteiger partial charge is 0.165 e. The van der Waals surface area contributed by atoms with Crippen molar-refractivity contribution in [1.29, 1.82) is 0 Å². The molecule has 0 aliphatic rings. The maximum atomic E-state index is 11.3. The SMILES string of the molecule is CCCn1ccnc1CC(=O)COC. The topological polar surface area (TPSA) is 44.1 Å². The van der Waals surface area contributed by atoms with Crippen molar-refractivity contribution in [1.82, 2.24) is 9.55 Å². The highest BCUT2D eigenvalue weighted by Crippen LogP contribution is 2.01. The normalized spacial score (nSPS) is 10.4. The molecule has 0 aromatic carbocycles. The number of ketones is 1. The average molecular weight is 196 g/mol. The maximum absolute atomic E-state index is 11.3. The van der Waals surface area contributed by atoms with E-state index in [0.29, 0.717) is 6.42 Å². The average Bonchev–Trinajstić information content (AvgIpc) is 2.54. The molecule has 0 spiro atoms. The van der Waals surface area contributed by atoms with E-state index >= 15 is 0 Å². The van der Waals surface area contributed by atoms with Crippen molar-refractivity contribution in [2.24, 2.45) is 0 Å². The highest BCUT2D eigenvalue weighted by Gasteiger charge is 2.07. The first-order valence-corrected chi connectivity index (χ1v) is 4.78. The van der Waals surface area contributed by atoms with E-state index in [2.05, 4.69) is 11.9 Å². The van der Waals surface area contributed by atoms with Gasteiger partial charge in [-0.3, -0.25) is 4.79 Å². The molecule has 0 unspecified atom stereocenters.